The Bertz CT molecular complexity index is 653. The maximum atomic E-state index is 4.17. The van der Waals surface area contributed by atoms with Gasteiger partial charge in [0, 0.05) is 0 Å². The number of hydrogen-bond donors (Lipinski definition) is 0. The third kappa shape index (κ3) is 3.18. The van der Waals surface area contributed by atoms with Crippen LogP contribution in [0.1, 0.15) is 91.9 Å². The monoisotopic (exact) mass is 380 g/mol. The van der Waals surface area contributed by atoms with Gasteiger partial charge < -0.3 is 0 Å². The fourth-order valence-corrected chi connectivity index (χ4v) is 8.74. The van der Waals surface area contributed by atoms with Gasteiger partial charge in [0.2, 0.25) is 0 Å². The molecule has 8 atom stereocenters. The molecule has 4 aliphatic rings. The SMILES string of the molecule is C=C(C)C(=C)C=C[C@@H](C)[C@H]1CC[C@H]2[C@@H]3CCC4CCCC[C@]4(C)[C@H]3CC[C@]12C. The first-order valence-electron chi connectivity index (χ1n) is 12.3. The van der Waals surface area contributed by atoms with Gasteiger partial charge in [0.05, 0.1) is 0 Å². The zero-order valence-electron chi connectivity index (χ0n) is 19.1. The highest BCUT2D eigenvalue weighted by atomic mass is 14.6. The average Bonchev–Trinajstić information content (AvgIpc) is 3.02. The summed E-state index contributed by atoms with van der Waals surface area (Å²) in [7, 11) is 0. The number of rotatable bonds is 4. The second kappa shape index (κ2) is 7.48. The van der Waals surface area contributed by atoms with Gasteiger partial charge in [0.1, 0.15) is 0 Å². The summed E-state index contributed by atoms with van der Waals surface area (Å²) in [4.78, 5) is 0. The molecule has 0 heterocycles. The minimum Gasteiger partial charge on any atom is -0.0955 e. The Labute approximate surface area is 175 Å². The van der Waals surface area contributed by atoms with E-state index in [0.29, 0.717) is 16.7 Å². The molecule has 4 rings (SSSR count). The number of fused-ring (bicyclic) bond motifs is 5. The second-order valence-corrected chi connectivity index (χ2v) is 11.7. The Balaban J connectivity index is 1.52. The minimum absolute atomic E-state index is 0.563. The summed E-state index contributed by atoms with van der Waals surface area (Å²) in [5.74, 6) is 5.58. The van der Waals surface area contributed by atoms with Crippen LogP contribution < -0.4 is 0 Å². The number of allylic oxidation sites excluding steroid dienone is 4. The molecule has 0 spiro atoms. The molecule has 156 valence electrons. The summed E-state index contributed by atoms with van der Waals surface area (Å²) in [5, 5.41) is 0. The number of hydrogen-bond acceptors (Lipinski definition) is 0. The Kier molecular flexibility index (Phi) is 5.47. The van der Waals surface area contributed by atoms with E-state index in [-0.39, 0.29) is 0 Å². The topological polar surface area (TPSA) is 0 Å². The molecule has 0 amide bonds. The lowest BCUT2D eigenvalue weighted by atomic mass is 9.44. The van der Waals surface area contributed by atoms with Crippen molar-refractivity contribution in [1.29, 1.82) is 0 Å². The van der Waals surface area contributed by atoms with Gasteiger partial charge >= 0.3 is 0 Å². The van der Waals surface area contributed by atoms with Crippen LogP contribution in [0.5, 0.6) is 0 Å². The van der Waals surface area contributed by atoms with Gasteiger partial charge in [-0.15, -0.1) is 0 Å². The largest absolute Gasteiger partial charge is 0.0955 e. The summed E-state index contributed by atoms with van der Waals surface area (Å²) in [6, 6.07) is 0. The lowest BCUT2D eigenvalue weighted by molar-refractivity contribution is -0.112. The minimum atomic E-state index is 0.563. The zero-order valence-corrected chi connectivity index (χ0v) is 19.1. The van der Waals surface area contributed by atoms with E-state index in [1.165, 1.54) is 64.2 Å². The molecule has 0 saturated heterocycles. The molecule has 0 aromatic heterocycles. The predicted molar refractivity (Wildman–Crippen MR) is 122 cm³/mol. The van der Waals surface area contributed by atoms with Crippen molar-refractivity contribution in [3.8, 4) is 0 Å². The van der Waals surface area contributed by atoms with Crippen LogP contribution >= 0.6 is 0 Å². The van der Waals surface area contributed by atoms with Gasteiger partial charge in [-0.3, -0.25) is 0 Å². The Hall–Kier alpha value is -0.780. The predicted octanol–water partition coefficient (Wildman–Crippen LogP) is 8.36. The lowest BCUT2D eigenvalue weighted by Gasteiger charge is -2.60. The van der Waals surface area contributed by atoms with Gasteiger partial charge in [-0.05, 0) is 110 Å². The molecule has 1 unspecified atom stereocenters. The molecule has 4 fully saturated rings. The second-order valence-electron chi connectivity index (χ2n) is 11.7. The first-order valence-corrected chi connectivity index (χ1v) is 12.3. The molecule has 0 bridgehead atoms. The first-order chi connectivity index (χ1) is 13.3. The van der Waals surface area contributed by atoms with E-state index in [0.717, 1.165) is 40.7 Å². The highest BCUT2D eigenvalue weighted by Crippen LogP contribution is 2.68. The molecule has 0 nitrogen and oxygen atoms in total. The van der Waals surface area contributed by atoms with Crippen LogP contribution in [0.4, 0.5) is 0 Å². The van der Waals surface area contributed by atoms with Crippen LogP contribution in [-0.4, -0.2) is 0 Å². The maximum absolute atomic E-state index is 4.17. The fourth-order valence-electron chi connectivity index (χ4n) is 8.74. The fraction of sp³-hybridized carbons (Fsp3) is 0.786. The van der Waals surface area contributed by atoms with Gasteiger partial charge in [-0.1, -0.05) is 64.5 Å². The summed E-state index contributed by atoms with van der Waals surface area (Å²) in [5.41, 5.74) is 3.43. The molecular weight excluding hydrogens is 336 g/mol. The summed E-state index contributed by atoms with van der Waals surface area (Å²) < 4.78 is 0. The Morgan fingerprint density at radius 3 is 2.39 bits per heavy atom. The molecule has 28 heavy (non-hydrogen) atoms. The summed E-state index contributed by atoms with van der Waals surface area (Å²) in [6.07, 6.45) is 19.7. The Morgan fingerprint density at radius 1 is 0.893 bits per heavy atom. The summed E-state index contributed by atoms with van der Waals surface area (Å²) in [6.45, 7) is 18.1. The van der Waals surface area contributed by atoms with Gasteiger partial charge in [-0.25, -0.2) is 0 Å². The van der Waals surface area contributed by atoms with Crippen molar-refractivity contribution >= 4 is 0 Å². The lowest BCUT2D eigenvalue weighted by Crippen LogP contribution is -2.53. The van der Waals surface area contributed by atoms with E-state index >= 15 is 0 Å². The van der Waals surface area contributed by atoms with Crippen LogP contribution in [0.15, 0.2) is 36.5 Å². The van der Waals surface area contributed by atoms with Crippen molar-refractivity contribution in [3.05, 3.63) is 36.5 Å². The van der Waals surface area contributed by atoms with Crippen molar-refractivity contribution < 1.29 is 0 Å². The van der Waals surface area contributed by atoms with E-state index < -0.39 is 0 Å². The zero-order chi connectivity index (χ0) is 20.1. The average molecular weight is 381 g/mol. The smallest absolute Gasteiger partial charge is 0.0225 e. The molecule has 0 aromatic rings. The third-order valence-corrected chi connectivity index (χ3v) is 10.4. The van der Waals surface area contributed by atoms with Gasteiger partial charge in [-0.2, -0.15) is 0 Å². The first kappa shape index (κ1) is 20.5. The molecule has 0 N–H and O–H groups in total. The van der Waals surface area contributed by atoms with Crippen molar-refractivity contribution in [3.63, 3.8) is 0 Å². The highest BCUT2D eigenvalue weighted by molar-refractivity contribution is 5.33. The highest BCUT2D eigenvalue weighted by Gasteiger charge is 2.59. The van der Waals surface area contributed by atoms with Crippen molar-refractivity contribution in [2.24, 2.45) is 46.3 Å². The van der Waals surface area contributed by atoms with Crippen molar-refractivity contribution in [2.75, 3.05) is 0 Å². The van der Waals surface area contributed by atoms with E-state index in [1.54, 1.807) is 0 Å². The van der Waals surface area contributed by atoms with Crippen LogP contribution in [-0.2, 0) is 0 Å². The standard InChI is InChI=1S/C28H44/c1-19(2)20(3)10-11-21(4)24-14-15-25-23-13-12-22-9-7-8-17-27(22,5)26(23)16-18-28(24,25)6/h10-11,21-26H,1,3,7-9,12-18H2,2,4-6H3/t21-,22?,23+,24-,25+,26+,27+,28-/m1/s1. The van der Waals surface area contributed by atoms with E-state index in [1.807, 2.05) is 0 Å². The van der Waals surface area contributed by atoms with Gasteiger partial charge in [0.25, 0.3) is 0 Å². The van der Waals surface area contributed by atoms with E-state index in [4.69, 9.17) is 0 Å². The van der Waals surface area contributed by atoms with Crippen LogP contribution in [0, 0.1) is 46.3 Å². The molecule has 0 radical (unpaired) electrons. The summed E-state index contributed by atoms with van der Waals surface area (Å²) >= 11 is 0. The van der Waals surface area contributed by atoms with Crippen molar-refractivity contribution in [2.45, 2.75) is 91.9 Å². The quantitative estimate of drug-likeness (QED) is 0.430. The van der Waals surface area contributed by atoms with Crippen LogP contribution in [0.25, 0.3) is 0 Å². The third-order valence-electron chi connectivity index (χ3n) is 10.4. The van der Waals surface area contributed by atoms with Crippen molar-refractivity contribution in [1.82, 2.24) is 0 Å². The van der Waals surface area contributed by atoms with E-state index in [9.17, 15) is 0 Å². The molecule has 4 aliphatic carbocycles. The normalized spacial score (nSPS) is 46.5. The molecular formula is C28H44. The maximum Gasteiger partial charge on any atom is -0.0225 e. The van der Waals surface area contributed by atoms with Crippen LogP contribution in [0.2, 0.25) is 0 Å². The Morgan fingerprint density at radius 2 is 1.64 bits per heavy atom. The van der Waals surface area contributed by atoms with E-state index in [2.05, 4.69) is 53.0 Å². The molecule has 0 heteroatoms. The molecule has 0 aromatic carbocycles. The van der Waals surface area contributed by atoms with Gasteiger partial charge in [0.15, 0.2) is 0 Å². The van der Waals surface area contributed by atoms with Crippen LogP contribution in [0.3, 0.4) is 0 Å². The molecule has 4 saturated carbocycles. The molecule has 0 aliphatic heterocycles.